The number of benzene rings is 1. The van der Waals surface area contributed by atoms with Crippen LogP contribution in [0.2, 0.25) is 0 Å². The molecule has 0 aliphatic carbocycles. The van der Waals surface area contributed by atoms with Gasteiger partial charge in [-0.2, -0.15) is 0 Å². The molecule has 0 atom stereocenters. The lowest BCUT2D eigenvalue weighted by molar-refractivity contribution is 0.475. The number of anilines is 1. The van der Waals surface area contributed by atoms with Gasteiger partial charge in [-0.3, -0.25) is 9.36 Å². The summed E-state index contributed by atoms with van der Waals surface area (Å²) in [5.74, 6) is 0.131. The van der Waals surface area contributed by atoms with Crippen LogP contribution in [-0.4, -0.2) is 14.2 Å². The number of nitrogens with zero attached hydrogens (tertiary/aromatic N) is 2. The van der Waals surface area contributed by atoms with E-state index in [1.165, 1.54) is 29.9 Å². The van der Waals surface area contributed by atoms with E-state index in [1.54, 1.807) is 12.1 Å². The molecule has 1 heterocycles. The number of nitrogens with two attached hydrogens (primary N) is 1. The number of hydrogen-bond acceptors (Lipinski definition) is 4. The number of aromatic nitrogens is 2. The van der Waals surface area contributed by atoms with Crippen molar-refractivity contribution in [1.82, 2.24) is 9.13 Å². The third-order valence-corrected chi connectivity index (χ3v) is 2.63. The molecule has 3 N–H and O–H groups in total. The molecule has 0 aliphatic heterocycles. The SMILES string of the molecule is Cn1cc(N)c(=O)n(Cc2ccc(O)cc2)c1=O. The second-order valence-electron chi connectivity index (χ2n) is 4.04. The summed E-state index contributed by atoms with van der Waals surface area (Å²) < 4.78 is 2.32. The highest BCUT2D eigenvalue weighted by Crippen LogP contribution is 2.09. The van der Waals surface area contributed by atoms with Crippen LogP contribution < -0.4 is 17.0 Å². The number of aromatic hydroxyl groups is 1. The summed E-state index contributed by atoms with van der Waals surface area (Å²) in [6, 6.07) is 6.28. The molecule has 0 amide bonds. The Morgan fingerprint density at radius 3 is 2.44 bits per heavy atom. The van der Waals surface area contributed by atoms with Crippen LogP contribution in [-0.2, 0) is 13.6 Å². The summed E-state index contributed by atoms with van der Waals surface area (Å²) in [7, 11) is 1.53. The lowest BCUT2D eigenvalue weighted by Gasteiger charge is -2.08. The first-order valence-corrected chi connectivity index (χ1v) is 5.33. The molecule has 94 valence electrons. The molecule has 0 fully saturated rings. The number of hydrogen-bond donors (Lipinski definition) is 2. The van der Waals surface area contributed by atoms with E-state index in [-0.39, 0.29) is 18.0 Å². The van der Waals surface area contributed by atoms with Crippen LogP contribution in [0.4, 0.5) is 5.69 Å². The van der Waals surface area contributed by atoms with E-state index in [4.69, 9.17) is 10.8 Å². The van der Waals surface area contributed by atoms with E-state index in [9.17, 15) is 9.59 Å². The molecule has 18 heavy (non-hydrogen) atoms. The highest BCUT2D eigenvalue weighted by Gasteiger charge is 2.07. The molecule has 0 bridgehead atoms. The molecule has 1 aromatic carbocycles. The van der Waals surface area contributed by atoms with Crippen molar-refractivity contribution in [3.05, 3.63) is 56.9 Å². The van der Waals surface area contributed by atoms with Gasteiger partial charge in [-0.1, -0.05) is 12.1 Å². The van der Waals surface area contributed by atoms with Crippen molar-refractivity contribution in [2.75, 3.05) is 5.73 Å². The zero-order valence-corrected chi connectivity index (χ0v) is 9.83. The second kappa shape index (κ2) is 4.40. The van der Waals surface area contributed by atoms with Crippen molar-refractivity contribution in [2.24, 2.45) is 7.05 Å². The number of phenolic OH excluding ortho intramolecular Hbond substituents is 1. The van der Waals surface area contributed by atoms with Gasteiger partial charge in [0.25, 0.3) is 5.56 Å². The summed E-state index contributed by atoms with van der Waals surface area (Å²) in [4.78, 5) is 23.6. The first kappa shape index (κ1) is 12.0. The maximum Gasteiger partial charge on any atom is 0.331 e. The van der Waals surface area contributed by atoms with Crippen molar-refractivity contribution in [3.8, 4) is 5.75 Å². The standard InChI is InChI=1S/C12H13N3O3/c1-14-7-10(13)11(17)15(12(14)18)6-8-2-4-9(16)5-3-8/h2-5,7,16H,6,13H2,1H3. The Balaban J connectivity index is 2.50. The molecular formula is C12H13N3O3. The first-order chi connectivity index (χ1) is 8.49. The molecule has 1 aromatic heterocycles. The van der Waals surface area contributed by atoms with Gasteiger partial charge in [0.05, 0.1) is 6.54 Å². The summed E-state index contributed by atoms with van der Waals surface area (Å²) in [5.41, 5.74) is 5.36. The van der Waals surface area contributed by atoms with Gasteiger partial charge < -0.3 is 15.4 Å². The maximum atomic E-state index is 11.8. The molecule has 0 unspecified atom stereocenters. The van der Waals surface area contributed by atoms with E-state index in [1.807, 2.05) is 0 Å². The molecule has 0 radical (unpaired) electrons. The van der Waals surface area contributed by atoms with Crippen LogP contribution in [0.3, 0.4) is 0 Å². The minimum absolute atomic E-state index is 0.0240. The molecule has 0 spiro atoms. The summed E-state index contributed by atoms with van der Waals surface area (Å²) in [5, 5.41) is 9.17. The third-order valence-electron chi connectivity index (χ3n) is 2.63. The Labute approximate surface area is 103 Å². The first-order valence-electron chi connectivity index (χ1n) is 5.33. The number of nitrogen functional groups attached to an aromatic ring is 1. The minimum atomic E-state index is -0.508. The largest absolute Gasteiger partial charge is 0.508 e. The van der Waals surface area contributed by atoms with Gasteiger partial charge in [0, 0.05) is 13.2 Å². The zero-order chi connectivity index (χ0) is 13.3. The second-order valence-corrected chi connectivity index (χ2v) is 4.04. The average Bonchev–Trinajstić information content (AvgIpc) is 2.34. The van der Waals surface area contributed by atoms with E-state index in [0.29, 0.717) is 0 Å². The average molecular weight is 247 g/mol. The zero-order valence-electron chi connectivity index (χ0n) is 9.83. The number of rotatable bonds is 2. The van der Waals surface area contributed by atoms with Crippen molar-refractivity contribution in [2.45, 2.75) is 6.54 Å². The lowest BCUT2D eigenvalue weighted by Crippen LogP contribution is -2.39. The Kier molecular flexibility index (Phi) is 2.93. The smallest absolute Gasteiger partial charge is 0.331 e. The van der Waals surface area contributed by atoms with E-state index in [0.717, 1.165) is 10.1 Å². The van der Waals surface area contributed by atoms with E-state index in [2.05, 4.69) is 0 Å². The Bertz CT molecular complexity index is 649. The van der Waals surface area contributed by atoms with Crippen LogP contribution >= 0.6 is 0 Å². The Hall–Kier alpha value is -2.50. The Morgan fingerprint density at radius 1 is 1.22 bits per heavy atom. The van der Waals surface area contributed by atoms with Gasteiger partial charge in [-0.15, -0.1) is 0 Å². The van der Waals surface area contributed by atoms with Crippen molar-refractivity contribution in [1.29, 1.82) is 0 Å². The summed E-state index contributed by atoms with van der Waals surface area (Å²) >= 11 is 0. The van der Waals surface area contributed by atoms with E-state index >= 15 is 0 Å². The molecule has 2 rings (SSSR count). The van der Waals surface area contributed by atoms with Crippen LogP contribution in [0.1, 0.15) is 5.56 Å². The molecule has 0 saturated carbocycles. The normalized spacial score (nSPS) is 10.5. The predicted octanol–water partition coefficient (Wildman–Crippen LogP) is -0.117. The topological polar surface area (TPSA) is 90.2 Å². The Morgan fingerprint density at radius 2 is 1.83 bits per heavy atom. The van der Waals surface area contributed by atoms with Gasteiger partial charge in [-0.05, 0) is 17.7 Å². The molecule has 0 aliphatic rings. The minimum Gasteiger partial charge on any atom is -0.508 e. The highest BCUT2D eigenvalue weighted by molar-refractivity contribution is 5.32. The third kappa shape index (κ3) is 2.13. The van der Waals surface area contributed by atoms with Crippen LogP contribution in [0.5, 0.6) is 5.75 Å². The van der Waals surface area contributed by atoms with Crippen molar-refractivity contribution in [3.63, 3.8) is 0 Å². The monoisotopic (exact) mass is 247 g/mol. The fourth-order valence-corrected chi connectivity index (χ4v) is 1.68. The number of aryl methyl sites for hydroxylation is 1. The van der Waals surface area contributed by atoms with Gasteiger partial charge in [0.2, 0.25) is 0 Å². The fourth-order valence-electron chi connectivity index (χ4n) is 1.68. The highest BCUT2D eigenvalue weighted by atomic mass is 16.3. The van der Waals surface area contributed by atoms with Gasteiger partial charge in [-0.25, -0.2) is 4.79 Å². The van der Waals surface area contributed by atoms with Gasteiger partial charge >= 0.3 is 5.69 Å². The number of phenols is 1. The van der Waals surface area contributed by atoms with Gasteiger partial charge in [0.15, 0.2) is 0 Å². The molecular weight excluding hydrogens is 234 g/mol. The van der Waals surface area contributed by atoms with Gasteiger partial charge in [0.1, 0.15) is 11.4 Å². The van der Waals surface area contributed by atoms with Crippen LogP contribution in [0.25, 0.3) is 0 Å². The van der Waals surface area contributed by atoms with Crippen molar-refractivity contribution < 1.29 is 5.11 Å². The molecule has 6 nitrogen and oxygen atoms in total. The molecule has 6 heteroatoms. The molecule has 0 saturated heterocycles. The quantitative estimate of drug-likeness (QED) is 0.774. The summed E-state index contributed by atoms with van der Waals surface area (Å²) in [6.07, 6.45) is 1.30. The van der Waals surface area contributed by atoms with Crippen LogP contribution in [0, 0.1) is 0 Å². The fraction of sp³-hybridized carbons (Fsp3) is 0.167. The maximum absolute atomic E-state index is 11.8. The predicted molar refractivity (Wildman–Crippen MR) is 67.6 cm³/mol. The van der Waals surface area contributed by atoms with Crippen molar-refractivity contribution >= 4 is 5.69 Å². The summed E-state index contributed by atoms with van der Waals surface area (Å²) in [6.45, 7) is 0.122. The van der Waals surface area contributed by atoms with Crippen LogP contribution in [0.15, 0.2) is 40.1 Å². The molecule has 2 aromatic rings. The lowest BCUT2D eigenvalue weighted by atomic mass is 10.2. The van der Waals surface area contributed by atoms with E-state index < -0.39 is 11.2 Å².